The van der Waals surface area contributed by atoms with Crippen LogP contribution in [0.1, 0.15) is 0 Å². The minimum absolute atomic E-state index is 0.0754. The van der Waals surface area contributed by atoms with Gasteiger partial charge in [0, 0.05) is 37.9 Å². The molecule has 1 heterocycles. The number of hydrogen-bond donors (Lipinski definition) is 0. The van der Waals surface area contributed by atoms with E-state index in [9.17, 15) is 9.59 Å². The zero-order valence-corrected chi connectivity index (χ0v) is 12.3. The molecule has 0 aromatic rings. The highest BCUT2D eigenvalue weighted by molar-refractivity contribution is 6.14. The number of carbonyl (C=O) groups excluding carboxylic acids is 2. The van der Waals surface area contributed by atoms with E-state index >= 15 is 0 Å². The average Bonchev–Trinajstić information content (AvgIpc) is 3.16. The van der Waals surface area contributed by atoms with E-state index in [2.05, 4.69) is 24.3 Å². The molecule has 0 saturated heterocycles. The minimum atomic E-state index is -0.676. The molecule has 5 heteroatoms. The van der Waals surface area contributed by atoms with E-state index in [0.29, 0.717) is 11.1 Å². The fourth-order valence-corrected chi connectivity index (χ4v) is 5.67. The largest absolute Gasteiger partial charge is 0.386 e. The Balaban J connectivity index is 1.68. The van der Waals surface area contributed by atoms with Crippen LogP contribution in [0.3, 0.4) is 0 Å². The topological polar surface area (TPSA) is 61.8 Å². The first-order valence-electron chi connectivity index (χ1n) is 7.61. The zero-order chi connectivity index (χ0) is 15.2. The summed E-state index contributed by atoms with van der Waals surface area (Å²) in [5, 5.41) is 0. The molecule has 1 fully saturated rings. The summed E-state index contributed by atoms with van der Waals surface area (Å²) in [6, 6.07) is 0. The van der Waals surface area contributed by atoms with Crippen molar-refractivity contribution in [2.45, 2.75) is 5.79 Å². The molecule has 22 heavy (non-hydrogen) atoms. The third-order valence-electron chi connectivity index (χ3n) is 6.30. The molecule has 4 bridgehead atoms. The van der Waals surface area contributed by atoms with Gasteiger partial charge in [0.1, 0.15) is 0 Å². The van der Waals surface area contributed by atoms with Gasteiger partial charge in [0.15, 0.2) is 5.79 Å². The summed E-state index contributed by atoms with van der Waals surface area (Å²) in [6.45, 7) is 0. The lowest BCUT2D eigenvalue weighted by Gasteiger charge is -2.44. The van der Waals surface area contributed by atoms with Crippen LogP contribution in [-0.4, -0.2) is 31.9 Å². The van der Waals surface area contributed by atoms with Gasteiger partial charge < -0.3 is 14.2 Å². The van der Waals surface area contributed by atoms with E-state index in [-0.39, 0.29) is 35.5 Å². The number of cyclic esters (lactones) is 2. The van der Waals surface area contributed by atoms with E-state index in [1.807, 2.05) is 0 Å². The number of rotatable bonds is 2. The third-order valence-corrected chi connectivity index (χ3v) is 6.30. The second kappa shape index (κ2) is 3.78. The second-order valence-electron chi connectivity index (χ2n) is 6.66. The zero-order valence-electron chi connectivity index (χ0n) is 12.3. The maximum Gasteiger partial charge on any atom is 0.343 e. The summed E-state index contributed by atoms with van der Waals surface area (Å²) in [5.41, 5.74) is 1.14. The fraction of sp³-hybridized carbons (Fsp3) is 0.529. The van der Waals surface area contributed by atoms with E-state index in [0.717, 1.165) is 0 Å². The SMILES string of the molecule is COC1(OC)[C@@H]2C=C[C@H]1[C@@H]1[C@H]2[C@@H]2C=C[C@H]1C1=C2C(=O)OC1=O. The molecule has 6 atom stereocenters. The third kappa shape index (κ3) is 1.11. The number of hydrogen-bond acceptors (Lipinski definition) is 5. The monoisotopic (exact) mass is 300 g/mol. The number of allylic oxidation sites excluding steroid dienone is 2. The molecule has 0 aromatic carbocycles. The van der Waals surface area contributed by atoms with Crippen molar-refractivity contribution >= 4 is 11.9 Å². The molecule has 5 nitrogen and oxygen atoms in total. The van der Waals surface area contributed by atoms with Crippen LogP contribution in [-0.2, 0) is 23.8 Å². The van der Waals surface area contributed by atoms with Gasteiger partial charge in [-0.15, -0.1) is 0 Å². The lowest BCUT2D eigenvalue weighted by atomic mass is 9.57. The van der Waals surface area contributed by atoms with Gasteiger partial charge in [-0.05, 0) is 11.8 Å². The highest BCUT2D eigenvalue weighted by Gasteiger charge is 2.70. The maximum atomic E-state index is 12.1. The smallest absolute Gasteiger partial charge is 0.343 e. The first-order chi connectivity index (χ1) is 10.6. The van der Waals surface area contributed by atoms with Crippen LogP contribution < -0.4 is 0 Å². The number of esters is 2. The Morgan fingerprint density at radius 2 is 1.32 bits per heavy atom. The molecule has 1 aliphatic heterocycles. The van der Waals surface area contributed by atoms with Gasteiger partial charge in [0.05, 0.1) is 11.1 Å². The van der Waals surface area contributed by atoms with Crippen LogP contribution >= 0.6 is 0 Å². The highest BCUT2D eigenvalue weighted by Crippen LogP contribution is 2.67. The van der Waals surface area contributed by atoms with Crippen LogP contribution in [0.25, 0.3) is 0 Å². The Bertz CT molecular complexity index is 644. The first-order valence-corrected chi connectivity index (χ1v) is 7.61. The molecule has 1 saturated carbocycles. The van der Waals surface area contributed by atoms with Gasteiger partial charge in [-0.25, -0.2) is 9.59 Å². The molecule has 0 amide bonds. The maximum absolute atomic E-state index is 12.1. The van der Waals surface area contributed by atoms with Crippen molar-refractivity contribution in [3.63, 3.8) is 0 Å². The standard InChI is InChI=1S/C17H16O5/c1-20-17(21-2)9-5-6-10(17)12-8-4-3-7(11(9)12)13-14(8)16(19)22-15(13)18/h3-12H,1-2H3/t7-,8+,9+,10-,11-,12+. The highest BCUT2D eigenvalue weighted by atomic mass is 16.7. The van der Waals surface area contributed by atoms with Gasteiger partial charge in [0.2, 0.25) is 0 Å². The van der Waals surface area contributed by atoms with Crippen LogP contribution in [0.5, 0.6) is 0 Å². The minimum Gasteiger partial charge on any atom is -0.386 e. The molecule has 114 valence electrons. The van der Waals surface area contributed by atoms with Crippen molar-refractivity contribution < 1.29 is 23.8 Å². The van der Waals surface area contributed by atoms with Crippen LogP contribution in [0, 0.1) is 35.5 Å². The van der Waals surface area contributed by atoms with Gasteiger partial charge in [-0.1, -0.05) is 24.3 Å². The predicted molar refractivity (Wildman–Crippen MR) is 74.1 cm³/mol. The van der Waals surface area contributed by atoms with Crippen molar-refractivity contribution in [1.29, 1.82) is 0 Å². The van der Waals surface area contributed by atoms with E-state index in [1.165, 1.54) is 0 Å². The summed E-state index contributed by atoms with van der Waals surface area (Å²) in [4.78, 5) is 24.2. The van der Waals surface area contributed by atoms with E-state index in [1.54, 1.807) is 14.2 Å². The molecule has 0 N–H and O–H groups in total. The molecule has 0 aromatic heterocycles. The van der Waals surface area contributed by atoms with Gasteiger partial charge in [0.25, 0.3) is 0 Å². The summed E-state index contributed by atoms with van der Waals surface area (Å²) in [5.74, 6) is -1.13. The number of fused-ring (bicyclic) bond motifs is 2. The summed E-state index contributed by atoms with van der Waals surface area (Å²) in [7, 11) is 3.34. The Morgan fingerprint density at radius 3 is 1.73 bits per heavy atom. The molecule has 5 aliphatic carbocycles. The van der Waals surface area contributed by atoms with Crippen molar-refractivity contribution in [3.8, 4) is 0 Å². The first kappa shape index (κ1) is 12.8. The molecular weight excluding hydrogens is 284 g/mol. The van der Waals surface area contributed by atoms with Crippen molar-refractivity contribution in [2.75, 3.05) is 14.2 Å². The van der Waals surface area contributed by atoms with Gasteiger partial charge in [-0.2, -0.15) is 0 Å². The number of ether oxygens (including phenoxy) is 3. The molecule has 0 spiro atoms. The molecular formula is C17H16O5. The van der Waals surface area contributed by atoms with Crippen molar-refractivity contribution in [2.24, 2.45) is 35.5 Å². The molecule has 6 aliphatic rings. The van der Waals surface area contributed by atoms with Gasteiger partial charge in [-0.3, -0.25) is 0 Å². The average molecular weight is 300 g/mol. The lowest BCUT2D eigenvalue weighted by molar-refractivity contribution is -0.234. The normalized spacial score (nSPS) is 45.5. The Morgan fingerprint density at radius 1 is 0.864 bits per heavy atom. The van der Waals surface area contributed by atoms with E-state index < -0.39 is 17.7 Å². The van der Waals surface area contributed by atoms with Crippen molar-refractivity contribution in [3.05, 3.63) is 35.5 Å². The van der Waals surface area contributed by atoms with Crippen LogP contribution in [0.4, 0.5) is 0 Å². The Hall–Kier alpha value is -1.72. The van der Waals surface area contributed by atoms with Crippen LogP contribution in [0.15, 0.2) is 35.5 Å². The van der Waals surface area contributed by atoms with Crippen molar-refractivity contribution in [1.82, 2.24) is 0 Å². The summed E-state index contributed by atoms with van der Waals surface area (Å²) in [6.07, 6.45) is 8.43. The summed E-state index contributed by atoms with van der Waals surface area (Å²) >= 11 is 0. The molecule has 6 rings (SSSR count). The van der Waals surface area contributed by atoms with Gasteiger partial charge >= 0.3 is 11.9 Å². The van der Waals surface area contributed by atoms with Crippen LogP contribution in [0.2, 0.25) is 0 Å². The second-order valence-corrected chi connectivity index (χ2v) is 6.66. The molecule has 0 radical (unpaired) electrons. The quantitative estimate of drug-likeness (QED) is 0.332. The Labute approximate surface area is 127 Å². The Kier molecular flexibility index (Phi) is 2.20. The lowest BCUT2D eigenvalue weighted by Crippen LogP contribution is -2.41. The summed E-state index contributed by atoms with van der Waals surface area (Å²) < 4.78 is 16.5. The number of methoxy groups -OCH3 is 2. The molecule has 0 unspecified atom stereocenters. The number of carbonyl (C=O) groups is 2. The predicted octanol–water partition coefficient (Wildman–Crippen LogP) is 1.22. The van der Waals surface area contributed by atoms with E-state index in [4.69, 9.17) is 14.2 Å². The fourth-order valence-electron chi connectivity index (χ4n) is 5.67.